The van der Waals surface area contributed by atoms with E-state index in [4.69, 9.17) is 4.74 Å². The summed E-state index contributed by atoms with van der Waals surface area (Å²) in [7, 11) is 0. The van der Waals surface area contributed by atoms with Gasteiger partial charge >= 0.3 is 0 Å². The Hall–Kier alpha value is -0.960. The van der Waals surface area contributed by atoms with Crippen molar-refractivity contribution in [1.82, 2.24) is 0 Å². The van der Waals surface area contributed by atoms with Crippen molar-refractivity contribution >= 4 is 6.29 Å². The molecule has 1 fully saturated rings. The first-order valence-electron chi connectivity index (χ1n) is 8.72. The highest BCUT2D eigenvalue weighted by molar-refractivity contribution is 5.73. The second-order valence-electron chi connectivity index (χ2n) is 7.38. The second kappa shape index (κ2) is 6.66. The van der Waals surface area contributed by atoms with E-state index in [-0.39, 0.29) is 12.2 Å². The number of rotatable bonds is 5. The topological polar surface area (TPSA) is 26.3 Å². The number of ether oxygens (including phenoxy) is 1. The minimum Gasteiger partial charge on any atom is -0.375 e. The SMILES string of the molecule is CC(C)O[C@@H]1CC(C=O)=CC(C2CC2)[C@@H]1C1=CC[C@H](F)CC1. The molecule has 1 saturated carbocycles. The summed E-state index contributed by atoms with van der Waals surface area (Å²) >= 11 is 0. The third kappa shape index (κ3) is 3.51. The summed E-state index contributed by atoms with van der Waals surface area (Å²) in [5, 5.41) is 0. The van der Waals surface area contributed by atoms with Crippen LogP contribution < -0.4 is 0 Å². The van der Waals surface area contributed by atoms with E-state index >= 15 is 0 Å². The standard InChI is InChI=1S/C19H27FO2/c1-12(2)22-18-10-13(11-21)9-17(14-3-4-14)19(18)15-5-7-16(20)8-6-15/h5,9,11-12,14,16-19H,3-4,6-8,10H2,1-2H3/t16-,17?,18+,19-/m0/s1. The Kier molecular flexibility index (Phi) is 4.82. The van der Waals surface area contributed by atoms with Crippen LogP contribution in [0, 0.1) is 17.8 Å². The minimum absolute atomic E-state index is 0.0678. The van der Waals surface area contributed by atoms with Gasteiger partial charge < -0.3 is 4.74 Å². The summed E-state index contributed by atoms with van der Waals surface area (Å²) in [6.07, 6.45) is 10.1. The lowest BCUT2D eigenvalue weighted by atomic mass is 9.70. The molecular formula is C19H27FO2. The predicted octanol–water partition coefficient (Wildman–Crippen LogP) is 4.40. The molecule has 3 heteroatoms. The van der Waals surface area contributed by atoms with Gasteiger partial charge in [-0.25, -0.2) is 4.39 Å². The van der Waals surface area contributed by atoms with Crippen molar-refractivity contribution in [2.45, 2.75) is 70.8 Å². The highest BCUT2D eigenvalue weighted by Gasteiger charge is 2.44. The van der Waals surface area contributed by atoms with E-state index < -0.39 is 6.17 Å². The molecule has 0 bridgehead atoms. The minimum atomic E-state index is -0.683. The van der Waals surface area contributed by atoms with E-state index in [2.05, 4.69) is 26.0 Å². The molecule has 0 aromatic rings. The molecule has 0 radical (unpaired) electrons. The van der Waals surface area contributed by atoms with Gasteiger partial charge in [-0.15, -0.1) is 0 Å². The number of hydrogen-bond donors (Lipinski definition) is 0. The van der Waals surface area contributed by atoms with Crippen molar-refractivity contribution in [2.24, 2.45) is 17.8 Å². The molecule has 22 heavy (non-hydrogen) atoms. The van der Waals surface area contributed by atoms with E-state index in [1.54, 1.807) is 0 Å². The zero-order valence-corrected chi connectivity index (χ0v) is 13.6. The zero-order chi connectivity index (χ0) is 15.7. The van der Waals surface area contributed by atoms with E-state index in [1.165, 1.54) is 18.4 Å². The van der Waals surface area contributed by atoms with E-state index in [9.17, 15) is 9.18 Å². The lowest BCUT2D eigenvalue weighted by Crippen LogP contribution is -2.38. The van der Waals surface area contributed by atoms with E-state index in [1.807, 2.05) is 0 Å². The first-order valence-corrected chi connectivity index (χ1v) is 8.72. The van der Waals surface area contributed by atoms with Crippen LogP contribution in [0.25, 0.3) is 0 Å². The van der Waals surface area contributed by atoms with Gasteiger partial charge in [0.05, 0.1) is 12.2 Å². The normalized spacial score (nSPS) is 36.0. The van der Waals surface area contributed by atoms with Crippen LogP contribution in [-0.2, 0) is 9.53 Å². The highest BCUT2D eigenvalue weighted by Crippen LogP contribution is 2.50. The lowest BCUT2D eigenvalue weighted by Gasteiger charge is -2.40. The van der Waals surface area contributed by atoms with Gasteiger partial charge in [-0.05, 0) is 63.4 Å². The van der Waals surface area contributed by atoms with Crippen LogP contribution in [0.4, 0.5) is 4.39 Å². The summed E-state index contributed by atoms with van der Waals surface area (Å²) in [4.78, 5) is 11.3. The lowest BCUT2D eigenvalue weighted by molar-refractivity contribution is -0.106. The average Bonchev–Trinajstić information content (AvgIpc) is 3.31. The molecule has 122 valence electrons. The van der Waals surface area contributed by atoms with Crippen molar-refractivity contribution in [3.05, 3.63) is 23.3 Å². The van der Waals surface area contributed by atoms with Gasteiger partial charge in [-0.2, -0.15) is 0 Å². The second-order valence-corrected chi connectivity index (χ2v) is 7.38. The molecule has 3 aliphatic rings. The van der Waals surface area contributed by atoms with Gasteiger partial charge in [-0.3, -0.25) is 4.79 Å². The third-order valence-corrected chi connectivity index (χ3v) is 5.23. The molecular weight excluding hydrogens is 279 g/mol. The van der Waals surface area contributed by atoms with Crippen LogP contribution in [-0.4, -0.2) is 24.7 Å². The molecule has 0 aromatic heterocycles. The molecule has 1 unspecified atom stereocenters. The Morgan fingerprint density at radius 1 is 1.32 bits per heavy atom. The average molecular weight is 306 g/mol. The van der Waals surface area contributed by atoms with Crippen LogP contribution in [0.1, 0.15) is 52.4 Å². The number of hydrogen-bond acceptors (Lipinski definition) is 2. The Labute approximate surface area is 132 Å². The monoisotopic (exact) mass is 306 g/mol. The molecule has 0 aromatic carbocycles. The number of halogens is 1. The molecule has 0 N–H and O–H groups in total. The molecule has 0 spiro atoms. The Bertz CT molecular complexity index is 476. The maximum absolute atomic E-state index is 13.5. The smallest absolute Gasteiger partial charge is 0.145 e. The summed E-state index contributed by atoms with van der Waals surface area (Å²) in [5.74, 6) is 1.42. The number of allylic oxidation sites excluding steroid dienone is 2. The van der Waals surface area contributed by atoms with Gasteiger partial charge in [0.1, 0.15) is 12.5 Å². The molecule has 0 saturated heterocycles. The molecule has 2 nitrogen and oxygen atoms in total. The largest absolute Gasteiger partial charge is 0.375 e. The zero-order valence-electron chi connectivity index (χ0n) is 13.6. The van der Waals surface area contributed by atoms with Crippen LogP contribution in [0.5, 0.6) is 0 Å². The van der Waals surface area contributed by atoms with Crippen LogP contribution in [0.2, 0.25) is 0 Å². The predicted molar refractivity (Wildman–Crippen MR) is 85.3 cm³/mol. The number of carbonyl (C=O) groups excluding carboxylic acids is 1. The number of alkyl halides is 1. The van der Waals surface area contributed by atoms with E-state index in [0.717, 1.165) is 18.3 Å². The quantitative estimate of drug-likeness (QED) is 0.556. The fourth-order valence-corrected chi connectivity index (χ4v) is 4.12. The molecule has 3 rings (SSSR count). The van der Waals surface area contributed by atoms with Crippen molar-refractivity contribution in [3.63, 3.8) is 0 Å². The molecule has 0 heterocycles. The number of aldehydes is 1. The van der Waals surface area contributed by atoms with Crippen LogP contribution >= 0.6 is 0 Å². The Morgan fingerprint density at radius 2 is 2.09 bits per heavy atom. The first kappa shape index (κ1) is 15.9. The molecule has 3 aliphatic carbocycles. The summed E-state index contributed by atoms with van der Waals surface area (Å²) in [6.45, 7) is 4.10. The van der Waals surface area contributed by atoms with Crippen molar-refractivity contribution in [1.29, 1.82) is 0 Å². The fourth-order valence-electron chi connectivity index (χ4n) is 4.12. The number of carbonyl (C=O) groups is 1. The highest BCUT2D eigenvalue weighted by atomic mass is 19.1. The van der Waals surface area contributed by atoms with Crippen LogP contribution in [0.3, 0.4) is 0 Å². The first-order chi connectivity index (χ1) is 10.6. The van der Waals surface area contributed by atoms with Crippen molar-refractivity contribution in [2.75, 3.05) is 0 Å². The fraction of sp³-hybridized carbons (Fsp3) is 0.737. The van der Waals surface area contributed by atoms with Crippen molar-refractivity contribution in [3.8, 4) is 0 Å². The molecule has 0 amide bonds. The Morgan fingerprint density at radius 3 is 2.64 bits per heavy atom. The van der Waals surface area contributed by atoms with E-state index in [0.29, 0.717) is 37.0 Å². The Balaban J connectivity index is 1.89. The van der Waals surface area contributed by atoms with Crippen molar-refractivity contribution < 1.29 is 13.9 Å². The maximum atomic E-state index is 13.5. The van der Waals surface area contributed by atoms with Gasteiger partial charge in [0.15, 0.2) is 0 Å². The molecule has 0 aliphatic heterocycles. The summed E-state index contributed by atoms with van der Waals surface area (Å²) < 4.78 is 19.7. The summed E-state index contributed by atoms with van der Waals surface area (Å²) in [6, 6.07) is 0. The van der Waals surface area contributed by atoms with Crippen LogP contribution in [0.15, 0.2) is 23.3 Å². The van der Waals surface area contributed by atoms with Gasteiger partial charge in [0.25, 0.3) is 0 Å². The summed E-state index contributed by atoms with van der Waals surface area (Å²) in [5.41, 5.74) is 2.26. The van der Waals surface area contributed by atoms with Gasteiger partial charge in [-0.1, -0.05) is 17.7 Å². The third-order valence-electron chi connectivity index (χ3n) is 5.23. The molecule has 4 atom stereocenters. The van der Waals surface area contributed by atoms with Gasteiger partial charge in [0, 0.05) is 12.3 Å². The maximum Gasteiger partial charge on any atom is 0.145 e. The van der Waals surface area contributed by atoms with Gasteiger partial charge in [0.2, 0.25) is 0 Å².